The van der Waals surface area contributed by atoms with E-state index in [0.29, 0.717) is 22.8 Å². The average molecular weight is 351 g/mol. The van der Waals surface area contributed by atoms with Crippen molar-refractivity contribution in [3.8, 4) is 0 Å². The second-order valence-corrected chi connectivity index (χ2v) is 5.95. The van der Waals surface area contributed by atoms with Crippen molar-refractivity contribution in [2.75, 3.05) is 0 Å². The van der Waals surface area contributed by atoms with Gasteiger partial charge in [-0.25, -0.2) is 0 Å². The number of hydrogen-bond donors (Lipinski definition) is 1. The largest absolute Gasteiger partial charge is 0.348 e. The van der Waals surface area contributed by atoms with Crippen molar-refractivity contribution in [1.29, 1.82) is 0 Å². The maximum Gasteiger partial charge on any atom is 0.312 e. The third-order valence-electron chi connectivity index (χ3n) is 3.84. The van der Waals surface area contributed by atoms with E-state index < -0.39 is 4.92 Å². The lowest BCUT2D eigenvalue weighted by Gasteiger charge is -2.17. The summed E-state index contributed by atoms with van der Waals surface area (Å²) in [5.74, 6) is -0.253. The molecule has 0 unspecified atom stereocenters. The Balaban J connectivity index is 2.11. The Kier molecular flexibility index (Phi) is 5.56. The van der Waals surface area contributed by atoms with Crippen molar-refractivity contribution in [2.24, 2.45) is 0 Å². The molecule has 0 aliphatic rings. The molecule has 0 saturated heterocycles. The lowest BCUT2D eigenvalue weighted by Crippen LogP contribution is -2.31. The van der Waals surface area contributed by atoms with Crippen LogP contribution in [0.2, 0.25) is 5.02 Å². The Hall–Kier alpha value is -2.41. The fraction of sp³-hybridized carbons (Fsp3) is 0.375. The topological polar surface area (TPSA) is 90.1 Å². The summed E-state index contributed by atoms with van der Waals surface area (Å²) < 4.78 is 1.36. The lowest BCUT2D eigenvalue weighted by molar-refractivity contribution is -0.386. The molecule has 0 fully saturated rings. The van der Waals surface area contributed by atoms with Gasteiger partial charge in [-0.15, -0.1) is 0 Å². The first-order valence-corrected chi connectivity index (χ1v) is 7.94. The predicted molar refractivity (Wildman–Crippen MR) is 91.0 cm³/mol. The first-order valence-electron chi connectivity index (χ1n) is 7.56. The highest BCUT2D eigenvalue weighted by atomic mass is 35.5. The van der Waals surface area contributed by atoms with Crippen LogP contribution >= 0.6 is 11.6 Å². The molecule has 1 aromatic heterocycles. The van der Waals surface area contributed by atoms with Crippen LogP contribution in [0.15, 0.2) is 24.3 Å². The van der Waals surface area contributed by atoms with Gasteiger partial charge in [-0.2, -0.15) is 5.10 Å². The zero-order valence-corrected chi connectivity index (χ0v) is 14.5. The molecule has 7 nitrogen and oxygen atoms in total. The highest BCUT2D eigenvalue weighted by molar-refractivity contribution is 6.30. The summed E-state index contributed by atoms with van der Waals surface area (Å²) in [6, 6.07) is 7.13. The van der Waals surface area contributed by atoms with Gasteiger partial charge in [0.2, 0.25) is 5.91 Å². The zero-order valence-electron chi connectivity index (χ0n) is 13.7. The Morgan fingerprint density at radius 2 is 2.00 bits per heavy atom. The van der Waals surface area contributed by atoms with Crippen molar-refractivity contribution < 1.29 is 9.72 Å². The van der Waals surface area contributed by atoms with Gasteiger partial charge in [-0.1, -0.05) is 30.7 Å². The molecule has 8 heteroatoms. The maximum atomic E-state index is 12.3. The van der Waals surface area contributed by atoms with Gasteiger partial charge in [-0.3, -0.25) is 19.6 Å². The Labute approximate surface area is 144 Å². The number of carbonyl (C=O) groups is 1. The number of nitro groups is 1. The maximum absolute atomic E-state index is 12.3. The molecular formula is C16H19ClN4O3. The van der Waals surface area contributed by atoms with Crippen LogP contribution in [0.4, 0.5) is 5.69 Å². The Bertz CT molecular complexity index is 755. The van der Waals surface area contributed by atoms with E-state index in [4.69, 9.17) is 11.6 Å². The van der Waals surface area contributed by atoms with Crippen LogP contribution in [-0.2, 0) is 11.3 Å². The van der Waals surface area contributed by atoms with Crippen LogP contribution < -0.4 is 5.32 Å². The highest BCUT2D eigenvalue weighted by Gasteiger charge is 2.23. The van der Waals surface area contributed by atoms with E-state index in [2.05, 4.69) is 10.4 Å². The van der Waals surface area contributed by atoms with Gasteiger partial charge in [0.25, 0.3) is 0 Å². The molecule has 1 atom stereocenters. The molecule has 1 heterocycles. The molecule has 0 saturated carbocycles. The summed E-state index contributed by atoms with van der Waals surface area (Å²) in [5, 5.41) is 18.7. The first-order chi connectivity index (χ1) is 11.3. The van der Waals surface area contributed by atoms with Gasteiger partial charge < -0.3 is 5.32 Å². The van der Waals surface area contributed by atoms with Crippen molar-refractivity contribution in [1.82, 2.24) is 15.1 Å². The number of halogens is 1. The van der Waals surface area contributed by atoms with Gasteiger partial charge in [0.15, 0.2) is 0 Å². The monoisotopic (exact) mass is 350 g/mol. The summed E-state index contributed by atoms with van der Waals surface area (Å²) in [5.41, 5.74) is 1.57. The second kappa shape index (κ2) is 7.44. The molecule has 0 bridgehead atoms. The molecule has 2 aromatic rings. The summed E-state index contributed by atoms with van der Waals surface area (Å²) in [6.07, 6.45) is 0.713. The molecule has 0 aliphatic carbocycles. The van der Waals surface area contributed by atoms with E-state index in [1.54, 1.807) is 26.0 Å². The van der Waals surface area contributed by atoms with Crippen molar-refractivity contribution in [2.45, 2.75) is 39.8 Å². The normalized spacial score (nSPS) is 12.0. The number of rotatable bonds is 6. The van der Waals surface area contributed by atoms with Crippen LogP contribution in [0.1, 0.15) is 36.3 Å². The van der Waals surface area contributed by atoms with Crippen molar-refractivity contribution in [3.05, 3.63) is 56.4 Å². The average Bonchev–Trinajstić information content (AvgIpc) is 2.80. The smallest absolute Gasteiger partial charge is 0.312 e. The van der Waals surface area contributed by atoms with Crippen LogP contribution in [0.3, 0.4) is 0 Å². The van der Waals surface area contributed by atoms with Gasteiger partial charge >= 0.3 is 5.69 Å². The lowest BCUT2D eigenvalue weighted by atomic mass is 10.0. The third kappa shape index (κ3) is 3.91. The van der Waals surface area contributed by atoms with Crippen LogP contribution in [0, 0.1) is 24.0 Å². The van der Waals surface area contributed by atoms with Gasteiger partial charge in [-0.05, 0) is 38.0 Å². The van der Waals surface area contributed by atoms with Crippen LogP contribution in [-0.4, -0.2) is 20.6 Å². The van der Waals surface area contributed by atoms with Crippen molar-refractivity contribution >= 4 is 23.2 Å². The SMILES string of the molecule is CC[C@@H](NC(=O)Cn1nc(C)c([N+](=O)[O-])c1C)c1ccc(Cl)cc1. The number of nitrogens with zero attached hydrogens (tertiary/aromatic N) is 3. The van der Waals surface area contributed by atoms with E-state index in [-0.39, 0.29) is 24.2 Å². The van der Waals surface area contributed by atoms with Gasteiger partial charge in [0.1, 0.15) is 17.9 Å². The van der Waals surface area contributed by atoms with Gasteiger partial charge in [0, 0.05) is 5.02 Å². The molecule has 1 aromatic carbocycles. The molecule has 1 amide bonds. The van der Waals surface area contributed by atoms with Crippen LogP contribution in [0.5, 0.6) is 0 Å². The Morgan fingerprint density at radius 3 is 2.50 bits per heavy atom. The minimum atomic E-state index is -0.478. The Morgan fingerprint density at radius 1 is 1.38 bits per heavy atom. The third-order valence-corrected chi connectivity index (χ3v) is 4.09. The van der Waals surface area contributed by atoms with E-state index in [1.807, 2.05) is 19.1 Å². The highest BCUT2D eigenvalue weighted by Crippen LogP contribution is 2.22. The zero-order chi connectivity index (χ0) is 17.9. The molecular weight excluding hydrogens is 332 g/mol. The second-order valence-electron chi connectivity index (χ2n) is 5.51. The number of benzene rings is 1. The number of nitrogens with one attached hydrogen (secondary N) is 1. The van der Waals surface area contributed by atoms with Crippen molar-refractivity contribution in [3.63, 3.8) is 0 Å². The summed E-state index contributed by atoms with van der Waals surface area (Å²) >= 11 is 5.88. The fourth-order valence-electron chi connectivity index (χ4n) is 2.60. The minimum Gasteiger partial charge on any atom is -0.348 e. The summed E-state index contributed by atoms with van der Waals surface area (Å²) in [7, 11) is 0. The van der Waals surface area contributed by atoms with Gasteiger partial charge in [0.05, 0.1) is 11.0 Å². The number of aryl methyl sites for hydroxylation is 1. The number of amides is 1. The molecule has 0 spiro atoms. The van der Waals surface area contributed by atoms with E-state index in [0.717, 1.165) is 5.56 Å². The molecule has 0 radical (unpaired) electrons. The molecule has 2 rings (SSSR count). The predicted octanol–water partition coefficient (Wildman–Crippen LogP) is 3.33. The quantitative estimate of drug-likeness (QED) is 0.639. The number of hydrogen-bond acceptors (Lipinski definition) is 4. The molecule has 0 aliphatic heterocycles. The molecule has 128 valence electrons. The fourth-order valence-corrected chi connectivity index (χ4v) is 2.72. The first kappa shape index (κ1) is 17.9. The molecule has 1 N–H and O–H groups in total. The minimum absolute atomic E-state index is 0.0486. The van der Waals surface area contributed by atoms with Crippen LogP contribution in [0.25, 0.3) is 0 Å². The standard InChI is InChI=1S/C16H19ClN4O3/c1-4-14(12-5-7-13(17)8-6-12)18-15(22)9-20-11(3)16(21(23)24)10(2)19-20/h5-8,14H,4,9H2,1-3H3,(H,18,22)/t14-/m1/s1. The van der Waals surface area contributed by atoms with E-state index >= 15 is 0 Å². The number of aromatic nitrogens is 2. The number of carbonyl (C=O) groups excluding carboxylic acids is 1. The summed E-state index contributed by atoms with van der Waals surface area (Å²) in [4.78, 5) is 22.8. The van der Waals surface area contributed by atoms with E-state index in [1.165, 1.54) is 4.68 Å². The van der Waals surface area contributed by atoms with E-state index in [9.17, 15) is 14.9 Å². The molecule has 24 heavy (non-hydrogen) atoms. The summed E-state index contributed by atoms with van der Waals surface area (Å²) in [6.45, 7) is 5.04.